The normalized spacial score (nSPS) is 16.2. The Morgan fingerprint density at radius 2 is 2.10 bits per heavy atom. The van der Waals surface area contributed by atoms with Crippen LogP contribution in [0.1, 0.15) is 0 Å². The molecule has 0 spiro atoms. The van der Waals surface area contributed by atoms with Crippen LogP contribution in [0.4, 0.5) is 0 Å². The molecule has 0 aliphatic carbocycles. The Morgan fingerprint density at radius 3 is 2.90 bits per heavy atom. The van der Waals surface area contributed by atoms with Gasteiger partial charge in [0.05, 0.1) is 25.8 Å². The summed E-state index contributed by atoms with van der Waals surface area (Å²) in [5.74, 6) is 1.46. The van der Waals surface area contributed by atoms with Gasteiger partial charge in [0, 0.05) is 30.7 Å². The average molecular weight is 274 g/mol. The zero-order valence-corrected chi connectivity index (χ0v) is 11.5. The first-order chi connectivity index (χ1) is 9.86. The predicted octanol–water partition coefficient (Wildman–Crippen LogP) is 1.91. The van der Waals surface area contributed by atoms with Crippen molar-refractivity contribution in [1.29, 1.82) is 0 Å². The second-order valence-electron chi connectivity index (χ2n) is 4.70. The highest BCUT2D eigenvalue weighted by Crippen LogP contribution is 2.31. The highest BCUT2D eigenvalue weighted by atomic mass is 16.5. The first-order valence-corrected chi connectivity index (χ1v) is 6.72. The molecule has 2 heterocycles. The highest BCUT2D eigenvalue weighted by molar-refractivity contribution is 5.82. The third-order valence-corrected chi connectivity index (χ3v) is 3.39. The van der Waals surface area contributed by atoms with Gasteiger partial charge in [-0.2, -0.15) is 0 Å². The van der Waals surface area contributed by atoms with E-state index in [-0.39, 0.29) is 0 Å². The summed E-state index contributed by atoms with van der Waals surface area (Å²) in [4.78, 5) is 6.56. The summed E-state index contributed by atoms with van der Waals surface area (Å²) in [6, 6.07) is 7.80. The van der Waals surface area contributed by atoms with Crippen molar-refractivity contribution < 1.29 is 14.2 Å². The maximum atomic E-state index is 5.88. The molecule has 0 amide bonds. The molecular formula is C15H18N2O3. The van der Waals surface area contributed by atoms with Crippen LogP contribution in [0.3, 0.4) is 0 Å². The summed E-state index contributed by atoms with van der Waals surface area (Å²) in [7, 11) is 1.65. The Kier molecular flexibility index (Phi) is 3.99. The van der Waals surface area contributed by atoms with Crippen LogP contribution in [0.5, 0.6) is 11.5 Å². The maximum Gasteiger partial charge on any atom is 0.165 e. The van der Waals surface area contributed by atoms with Crippen molar-refractivity contribution in [2.75, 3.05) is 40.1 Å². The number of fused-ring (bicyclic) bond motifs is 1. The quantitative estimate of drug-likeness (QED) is 0.852. The Labute approximate surface area is 118 Å². The Morgan fingerprint density at radius 1 is 1.25 bits per heavy atom. The van der Waals surface area contributed by atoms with E-state index in [9.17, 15) is 0 Å². The number of rotatable bonds is 4. The molecule has 0 N–H and O–H groups in total. The minimum atomic E-state index is 0.540. The van der Waals surface area contributed by atoms with Crippen molar-refractivity contribution in [2.45, 2.75) is 0 Å². The summed E-state index contributed by atoms with van der Waals surface area (Å²) in [5, 5.41) is 1.04. The van der Waals surface area contributed by atoms with E-state index in [1.807, 2.05) is 24.3 Å². The molecule has 0 saturated carbocycles. The molecule has 1 aromatic heterocycles. The molecule has 3 rings (SSSR count). The van der Waals surface area contributed by atoms with E-state index >= 15 is 0 Å². The number of methoxy groups -OCH3 is 1. The Balaban J connectivity index is 1.78. The fourth-order valence-electron chi connectivity index (χ4n) is 2.24. The summed E-state index contributed by atoms with van der Waals surface area (Å²) in [5.41, 5.74) is 0.908. The minimum absolute atomic E-state index is 0.540. The molecule has 0 unspecified atom stereocenters. The fraction of sp³-hybridized carbons (Fsp3) is 0.400. The van der Waals surface area contributed by atoms with Gasteiger partial charge in [-0.15, -0.1) is 0 Å². The molecule has 1 fully saturated rings. The molecule has 0 atom stereocenters. The molecule has 2 aromatic rings. The lowest BCUT2D eigenvalue weighted by Crippen LogP contribution is -2.38. The van der Waals surface area contributed by atoms with E-state index in [1.54, 1.807) is 13.3 Å². The minimum Gasteiger partial charge on any atom is -0.493 e. The summed E-state index contributed by atoms with van der Waals surface area (Å²) < 4.78 is 16.6. The molecule has 20 heavy (non-hydrogen) atoms. The monoisotopic (exact) mass is 274 g/mol. The van der Waals surface area contributed by atoms with Gasteiger partial charge in [0.2, 0.25) is 0 Å². The summed E-state index contributed by atoms with van der Waals surface area (Å²) in [6.07, 6.45) is 1.78. The highest BCUT2D eigenvalue weighted by Gasteiger charge is 2.13. The number of benzene rings is 1. The van der Waals surface area contributed by atoms with Crippen molar-refractivity contribution in [2.24, 2.45) is 0 Å². The van der Waals surface area contributed by atoms with Gasteiger partial charge >= 0.3 is 0 Å². The molecule has 1 saturated heterocycles. The van der Waals surface area contributed by atoms with Gasteiger partial charge in [0.1, 0.15) is 6.73 Å². The van der Waals surface area contributed by atoms with E-state index in [2.05, 4.69) is 9.88 Å². The molecule has 0 radical (unpaired) electrons. The van der Waals surface area contributed by atoms with Gasteiger partial charge < -0.3 is 14.2 Å². The fourth-order valence-corrected chi connectivity index (χ4v) is 2.24. The van der Waals surface area contributed by atoms with Crippen LogP contribution in [0, 0.1) is 0 Å². The van der Waals surface area contributed by atoms with E-state index in [0.717, 1.165) is 48.7 Å². The van der Waals surface area contributed by atoms with Crippen molar-refractivity contribution in [3.05, 3.63) is 30.5 Å². The largest absolute Gasteiger partial charge is 0.493 e. The molecule has 106 valence electrons. The van der Waals surface area contributed by atoms with E-state index < -0.39 is 0 Å². The van der Waals surface area contributed by atoms with Gasteiger partial charge in [-0.05, 0) is 12.1 Å². The lowest BCUT2D eigenvalue weighted by Gasteiger charge is -2.26. The molecule has 1 aromatic carbocycles. The Bertz CT molecular complexity index is 582. The topological polar surface area (TPSA) is 43.8 Å². The van der Waals surface area contributed by atoms with Gasteiger partial charge in [-0.3, -0.25) is 9.88 Å². The first kappa shape index (κ1) is 13.1. The molecular weight excluding hydrogens is 256 g/mol. The van der Waals surface area contributed by atoms with Crippen LogP contribution in [0.2, 0.25) is 0 Å². The number of hydrogen-bond donors (Lipinski definition) is 0. The van der Waals surface area contributed by atoms with Crippen LogP contribution in [-0.2, 0) is 4.74 Å². The van der Waals surface area contributed by atoms with Crippen molar-refractivity contribution in [3.63, 3.8) is 0 Å². The number of morpholine rings is 1. The summed E-state index contributed by atoms with van der Waals surface area (Å²) in [6.45, 7) is 3.86. The van der Waals surface area contributed by atoms with Gasteiger partial charge in [0.25, 0.3) is 0 Å². The molecule has 1 aliphatic heterocycles. The average Bonchev–Trinajstić information content (AvgIpc) is 2.53. The van der Waals surface area contributed by atoms with Crippen molar-refractivity contribution in [3.8, 4) is 11.5 Å². The van der Waals surface area contributed by atoms with E-state index in [4.69, 9.17) is 14.2 Å². The second kappa shape index (κ2) is 6.07. The SMILES string of the molecule is COc1cc2cccnc2cc1OCN1CCOCC1. The number of aromatic nitrogens is 1. The van der Waals surface area contributed by atoms with Crippen molar-refractivity contribution >= 4 is 10.9 Å². The zero-order chi connectivity index (χ0) is 13.8. The van der Waals surface area contributed by atoms with E-state index in [0.29, 0.717) is 6.73 Å². The second-order valence-corrected chi connectivity index (χ2v) is 4.70. The lowest BCUT2D eigenvalue weighted by molar-refractivity contribution is 0.00358. The first-order valence-electron chi connectivity index (χ1n) is 6.72. The van der Waals surface area contributed by atoms with E-state index in [1.165, 1.54) is 0 Å². The Hall–Kier alpha value is -1.85. The zero-order valence-electron chi connectivity index (χ0n) is 11.5. The van der Waals surface area contributed by atoms with Crippen LogP contribution in [0.25, 0.3) is 10.9 Å². The predicted molar refractivity (Wildman–Crippen MR) is 76.2 cm³/mol. The summed E-state index contributed by atoms with van der Waals surface area (Å²) >= 11 is 0. The van der Waals surface area contributed by atoms with Gasteiger partial charge in [-0.1, -0.05) is 6.07 Å². The molecule has 5 nitrogen and oxygen atoms in total. The standard InChI is InChI=1S/C15H18N2O3/c1-18-14-9-12-3-2-4-16-13(12)10-15(14)20-11-17-5-7-19-8-6-17/h2-4,9-10H,5-8,11H2,1H3. The van der Waals surface area contributed by atoms with Crippen LogP contribution in [0.15, 0.2) is 30.5 Å². The smallest absolute Gasteiger partial charge is 0.165 e. The number of nitrogens with zero attached hydrogens (tertiary/aromatic N) is 2. The van der Waals surface area contributed by atoms with Gasteiger partial charge in [0.15, 0.2) is 11.5 Å². The van der Waals surface area contributed by atoms with Crippen LogP contribution >= 0.6 is 0 Å². The van der Waals surface area contributed by atoms with Crippen LogP contribution in [-0.4, -0.2) is 50.0 Å². The molecule has 5 heteroatoms. The maximum absolute atomic E-state index is 5.88. The number of hydrogen-bond acceptors (Lipinski definition) is 5. The van der Waals surface area contributed by atoms with Crippen LogP contribution < -0.4 is 9.47 Å². The van der Waals surface area contributed by atoms with Gasteiger partial charge in [-0.25, -0.2) is 0 Å². The third kappa shape index (κ3) is 2.84. The van der Waals surface area contributed by atoms with Crippen molar-refractivity contribution in [1.82, 2.24) is 9.88 Å². The number of ether oxygens (including phenoxy) is 3. The lowest BCUT2D eigenvalue weighted by atomic mass is 10.2. The number of pyridine rings is 1. The third-order valence-electron chi connectivity index (χ3n) is 3.39. The molecule has 1 aliphatic rings. The molecule has 0 bridgehead atoms.